The first kappa shape index (κ1) is 13.9. The minimum Gasteiger partial charge on any atom is -0.383 e. The van der Waals surface area contributed by atoms with Crippen LogP contribution in [0.1, 0.15) is 12.8 Å². The van der Waals surface area contributed by atoms with Crippen molar-refractivity contribution in [2.24, 2.45) is 11.7 Å². The van der Waals surface area contributed by atoms with Crippen molar-refractivity contribution in [3.63, 3.8) is 0 Å². The molecule has 96 valence electrons. The molecule has 1 rings (SSSR count). The van der Waals surface area contributed by atoms with Gasteiger partial charge in [0.15, 0.2) is 0 Å². The Morgan fingerprint density at radius 1 is 1.44 bits per heavy atom. The number of hydrogen-bond acceptors (Lipinski definition) is 4. The molecule has 0 amide bonds. The van der Waals surface area contributed by atoms with Crippen LogP contribution in [0.4, 0.5) is 0 Å². The zero-order valence-corrected chi connectivity index (χ0v) is 11.0. The molecule has 0 aromatic heterocycles. The van der Waals surface area contributed by atoms with E-state index in [2.05, 4.69) is 23.9 Å². The quantitative estimate of drug-likeness (QED) is 0.708. The SMILES string of the molecule is COCC(N)CN(C)CC1CCN(C)CC1. The molecule has 4 heteroatoms. The number of ether oxygens (including phenoxy) is 1. The van der Waals surface area contributed by atoms with Gasteiger partial charge in [0.25, 0.3) is 0 Å². The Labute approximate surface area is 99.7 Å². The highest BCUT2D eigenvalue weighted by Gasteiger charge is 2.18. The summed E-state index contributed by atoms with van der Waals surface area (Å²) in [5.41, 5.74) is 5.94. The molecule has 1 atom stereocenters. The van der Waals surface area contributed by atoms with Crippen molar-refractivity contribution >= 4 is 0 Å². The zero-order valence-electron chi connectivity index (χ0n) is 11.0. The van der Waals surface area contributed by atoms with Crippen molar-refractivity contribution in [1.82, 2.24) is 9.80 Å². The van der Waals surface area contributed by atoms with Gasteiger partial charge in [-0.05, 0) is 45.9 Å². The second-order valence-corrected chi connectivity index (χ2v) is 5.18. The van der Waals surface area contributed by atoms with Crippen molar-refractivity contribution in [3.8, 4) is 0 Å². The Kier molecular flexibility index (Phi) is 6.28. The normalized spacial score (nSPS) is 21.6. The lowest BCUT2D eigenvalue weighted by molar-refractivity contribution is 0.141. The van der Waals surface area contributed by atoms with Gasteiger partial charge < -0.3 is 20.3 Å². The molecule has 1 aliphatic rings. The summed E-state index contributed by atoms with van der Waals surface area (Å²) in [6, 6.07) is 0.140. The Morgan fingerprint density at radius 3 is 2.62 bits per heavy atom. The Hall–Kier alpha value is -0.160. The zero-order chi connectivity index (χ0) is 12.0. The third kappa shape index (κ3) is 5.25. The van der Waals surface area contributed by atoms with Gasteiger partial charge in [-0.2, -0.15) is 0 Å². The highest BCUT2D eigenvalue weighted by Crippen LogP contribution is 2.16. The van der Waals surface area contributed by atoms with Crippen LogP contribution in [0.3, 0.4) is 0 Å². The monoisotopic (exact) mass is 229 g/mol. The molecule has 4 nitrogen and oxygen atoms in total. The van der Waals surface area contributed by atoms with Gasteiger partial charge in [0.1, 0.15) is 0 Å². The number of hydrogen-bond donors (Lipinski definition) is 1. The van der Waals surface area contributed by atoms with Crippen LogP contribution in [-0.4, -0.2) is 69.8 Å². The van der Waals surface area contributed by atoms with Gasteiger partial charge in [-0.1, -0.05) is 0 Å². The molecule has 1 aliphatic heterocycles. The number of piperidine rings is 1. The van der Waals surface area contributed by atoms with E-state index in [0.29, 0.717) is 6.61 Å². The van der Waals surface area contributed by atoms with Crippen molar-refractivity contribution < 1.29 is 4.74 Å². The Balaban J connectivity index is 2.15. The fraction of sp³-hybridized carbons (Fsp3) is 1.00. The first-order valence-corrected chi connectivity index (χ1v) is 6.23. The summed E-state index contributed by atoms with van der Waals surface area (Å²) in [4.78, 5) is 4.76. The van der Waals surface area contributed by atoms with Crippen LogP contribution < -0.4 is 5.73 Å². The van der Waals surface area contributed by atoms with Gasteiger partial charge in [-0.15, -0.1) is 0 Å². The van der Waals surface area contributed by atoms with Crippen LogP contribution >= 0.6 is 0 Å². The van der Waals surface area contributed by atoms with Gasteiger partial charge in [0.2, 0.25) is 0 Å². The van der Waals surface area contributed by atoms with Gasteiger partial charge in [0, 0.05) is 26.2 Å². The number of nitrogens with two attached hydrogens (primary N) is 1. The Morgan fingerprint density at radius 2 is 2.06 bits per heavy atom. The lowest BCUT2D eigenvalue weighted by Gasteiger charge is -2.32. The maximum absolute atomic E-state index is 5.94. The number of rotatable bonds is 6. The summed E-state index contributed by atoms with van der Waals surface area (Å²) >= 11 is 0. The van der Waals surface area contributed by atoms with E-state index in [-0.39, 0.29) is 6.04 Å². The maximum Gasteiger partial charge on any atom is 0.0626 e. The van der Waals surface area contributed by atoms with Crippen molar-refractivity contribution in [3.05, 3.63) is 0 Å². The summed E-state index contributed by atoms with van der Waals surface area (Å²) in [5, 5.41) is 0. The summed E-state index contributed by atoms with van der Waals surface area (Å²) in [5.74, 6) is 0.843. The van der Waals surface area contributed by atoms with Crippen LogP contribution in [0.5, 0.6) is 0 Å². The standard InChI is InChI=1S/C12H27N3O/c1-14-6-4-11(5-7-14)8-15(2)9-12(13)10-16-3/h11-12H,4-10,13H2,1-3H3. The molecule has 0 bridgehead atoms. The lowest BCUT2D eigenvalue weighted by Crippen LogP contribution is -2.42. The molecule has 0 saturated carbocycles. The number of methoxy groups -OCH3 is 1. The molecule has 0 radical (unpaired) electrons. The van der Waals surface area contributed by atoms with Gasteiger partial charge >= 0.3 is 0 Å². The molecule has 1 fully saturated rings. The first-order chi connectivity index (χ1) is 7.61. The molecule has 16 heavy (non-hydrogen) atoms. The highest BCUT2D eigenvalue weighted by molar-refractivity contribution is 4.74. The molecule has 0 spiro atoms. The van der Waals surface area contributed by atoms with Crippen molar-refractivity contribution in [2.45, 2.75) is 18.9 Å². The smallest absolute Gasteiger partial charge is 0.0626 e. The first-order valence-electron chi connectivity index (χ1n) is 6.23. The molecule has 0 aromatic rings. The molecule has 1 heterocycles. The fourth-order valence-corrected chi connectivity index (χ4v) is 2.43. The topological polar surface area (TPSA) is 41.7 Å². The predicted molar refractivity (Wildman–Crippen MR) is 67.6 cm³/mol. The van der Waals surface area contributed by atoms with Crippen molar-refractivity contribution in [1.29, 1.82) is 0 Å². The predicted octanol–water partition coefficient (Wildman–Crippen LogP) is 0.234. The second-order valence-electron chi connectivity index (χ2n) is 5.18. The van der Waals surface area contributed by atoms with Crippen LogP contribution in [0, 0.1) is 5.92 Å². The van der Waals surface area contributed by atoms with Crippen LogP contribution in [0.15, 0.2) is 0 Å². The highest BCUT2D eigenvalue weighted by atomic mass is 16.5. The summed E-state index contributed by atoms with van der Waals surface area (Å²) < 4.78 is 5.05. The molecule has 1 saturated heterocycles. The van der Waals surface area contributed by atoms with E-state index < -0.39 is 0 Å². The molecular formula is C12H27N3O. The van der Waals surface area contributed by atoms with Crippen LogP contribution in [-0.2, 0) is 4.74 Å². The van der Waals surface area contributed by atoms with E-state index >= 15 is 0 Å². The van der Waals surface area contributed by atoms with Gasteiger partial charge in [-0.25, -0.2) is 0 Å². The summed E-state index contributed by atoms with van der Waals surface area (Å²) in [6.07, 6.45) is 2.64. The van der Waals surface area contributed by atoms with Gasteiger partial charge in [-0.3, -0.25) is 0 Å². The van der Waals surface area contributed by atoms with Crippen molar-refractivity contribution in [2.75, 3.05) is 54.0 Å². The average molecular weight is 229 g/mol. The summed E-state index contributed by atoms with van der Waals surface area (Å²) in [6.45, 7) is 5.23. The molecule has 0 aromatic carbocycles. The van der Waals surface area contributed by atoms with Crippen LogP contribution in [0.2, 0.25) is 0 Å². The van der Waals surface area contributed by atoms with E-state index in [1.165, 1.54) is 32.5 Å². The molecular weight excluding hydrogens is 202 g/mol. The third-order valence-electron chi connectivity index (χ3n) is 3.33. The molecule has 1 unspecified atom stereocenters. The number of likely N-dealkylation sites (N-methyl/N-ethyl adjacent to an activating group) is 1. The third-order valence-corrected chi connectivity index (χ3v) is 3.33. The van der Waals surface area contributed by atoms with E-state index in [4.69, 9.17) is 10.5 Å². The minimum absolute atomic E-state index is 0.140. The van der Waals surface area contributed by atoms with Crippen LogP contribution in [0.25, 0.3) is 0 Å². The van der Waals surface area contributed by atoms with E-state index in [9.17, 15) is 0 Å². The van der Waals surface area contributed by atoms with Gasteiger partial charge in [0.05, 0.1) is 6.61 Å². The lowest BCUT2D eigenvalue weighted by atomic mass is 9.96. The average Bonchev–Trinajstić information content (AvgIpc) is 2.21. The minimum atomic E-state index is 0.140. The van der Waals surface area contributed by atoms with E-state index in [1.54, 1.807) is 7.11 Å². The van der Waals surface area contributed by atoms with E-state index in [1.807, 2.05) is 0 Å². The Bertz CT molecular complexity index is 181. The summed E-state index contributed by atoms with van der Waals surface area (Å²) in [7, 11) is 6.07. The molecule has 0 aliphatic carbocycles. The number of likely N-dealkylation sites (tertiary alicyclic amines) is 1. The fourth-order valence-electron chi connectivity index (χ4n) is 2.43. The van der Waals surface area contributed by atoms with E-state index in [0.717, 1.165) is 12.5 Å². The number of nitrogens with zero attached hydrogens (tertiary/aromatic N) is 2. The largest absolute Gasteiger partial charge is 0.383 e. The second kappa shape index (κ2) is 7.22. The maximum atomic E-state index is 5.94. The molecule has 2 N–H and O–H groups in total.